The van der Waals surface area contributed by atoms with Gasteiger partial charge < -0.3 is 20.2 Å². The van der Waals surface area contributed by atoms with Crippen LogP contribution in [0.2, 0.25) is 0 Å². The van der Waals surface area contributed by atoms with Crippen molar-refractivity contribution in [1.82, 2.24) is 19.2 Å². The summed E-state index contributed by atoms with van der Waals surface area (Å²) in [6.07, 6.45) is 4.05. The second kappa shape index (κ2) is 9.74. The number of nitrogens with zero attached hydrogens (tertiary/aromatic N) is 4. The number of halogens is 1. The Morgan fingerprint density at radius 3 is 2.68 bits per heavy atom. The van der Waals surface area contributed by atoms with E-state index in [9.17, 15) is 19.1 Å². The standard InChI is InChI=1S/C28H30FN5O3S/c1-17-2-7-21(12-23(17)29)28(26-30-16-31-38-26)8-9-33(15-28)27(37)32-24-10-19(18-3-4-18)5-6-20(24)11-25(36)34-13-22(35)14-34/h2,5-7,10,12,16,18,22,35H,3-4,8-9,11,13-15H2,1H3,(H,32,37)/t28-/m1/s1. The molecule has 3 aliphatic rings. The number of likely N-dealkylation sites (tertiary alicyclic amines) is 2. The molecule has 8 nitrogen and oxygen atoms in total. The van der Waals surface area contributed by atoms with Crippen molar-refractivity contribution in [2.75, 3.05) is 31.5 Å². The van der Waals surface area contributed by atoms with Crippen LogP contribution in [0.4, 0.5) is 14.9 Å². The molecule has 3 fully saturated rings. The second-order valence-electron chi connectivity index (χ2n) is 10.7. The first-order chi connectivity index (χ1) is 18.3. The molecule has 38 heavy (non-hydrogen) atoms. The Bertz CT molecular complexity index is 1370. The summed E-state index contributed by atoms with van der Waals surface area (Å²) in [5.74, 6) is 0.146. The third-order valence-electron chi connectivity index (χ3n) is 8.03. The Labute approximate surface area is 224 Å². The first-order valence-corrected chi connectivity index (χ1v) is 13.8. The minimum Gasteiger partial charge on any atom is -0.389 e. The van der Waals surface area contributed by atoms with Crippen molar-refractivity contribution in [3.63, 3.8) is 0 Å². The molecule has 0 unspecified atom stereocenters. The first kappa shape index (κ1) is 24.9. The molecule has 0 radical (unpaired) electrons. The Balaban J connectivity index is 1.24. The Morgan fingerprint density at radius 2 is 2.00 bits per heavy atom. The topological polar surface area (TPSA) is 98.7 Å². The molecule has 3 amide bonds. The van der Waals surface area contributed by atoms with E-state index in [4.69, 9.17) is 0 Å². The number of aliphatic hydroxyl groups is 1. The van der Waals surface area contributed by atoms with Gasteiger partial charge in [0.2, 0.25) is 5.91 Å². The van der Waals surface area contributed by atoms with E-state index in [0.29, 0.717) is 49.8 Å². The van der Waals surface area contributed by atoms with Gasteiger partial charge in [-0.3, -0.25) is 4.79 Å². The molecule has 198 valence electrons. The van der Waals surface area contributed by atoms with Gasteiger partial charge in [-0.1, -0.05) is 24.3 Å². The van der Waals surface area contributed by atoms with Gasteiger partial charge >= 0.3 is 6.03 Å². The lowest BCUT2D eigenvalue weighted by atomic mass is 9.80. The number of amides is 3. The minimum atomic E-state index is -0.639. The minimum absolute atomic E-state index is 0.0668. The molecule has 2 aliphatic heterocycles. The van der Waals surface area contributed by atoms with Crippen molar-refractivity contribution in [2.45, 2.75) is 50.0 Å². The van der Waals surface area contributed by atoms with E-state index >= 15 is 0 Å². The molecule has 1 atom stereocenters. The smallest absolute Gasteiger partial charge is 0.321 e. The molecule has 2 saturated heterocycles. The fourth-order valence-corrected chi connectivity index (χ4v) is 6.20. The second-order valence-corrected chi connectivity index (χ2v) is 11.5. The predicted octanol–water partition coefficient (Wildman–Crippen LogP) is 3.83. The lowest BCUT2D eigenvalue weighted by Gasteiger charge is -2.36. The van der Waals surface area contributed by atoms with Crippen molar-refractivity contribution < 1.29 is 19.1 Å². The van der Waals surface area contributed by atoms with Crippen LogP contribution in [0, 0.1) is 12.7 Å². The van der Waals surface area contributed by atoms with Gasteiger partial charge in [0.05, 0.1) is 17.9 Å². The van der Waals surface area contributed by atoms with E-state index in [2.05, 4.69) is 14.7 Å². The highest BCUT2D eigenvalue weighted by molar-refractivity contribution is 7.05. The molecule has 3 heterocycles. The average Bonchev–Trinajstić information content (AvgIpc) is 3.38. The number of carbonyl (C=O) groups excluding carboxylic acids is 2. The zero-order valence-corrected chi connectivity index (χ0v) is 22.0. The third-order valence-corrected chi connectivity index (χ3v) is 8.90. The number of benzene rings is 2. The van der Waals surface area contributed by atoms with Crippen LogP contribution in [0.15, 0.2) is 42.7 Å². The van der Waals surface area contributed by atoms with Crippen molar-refractivity contribution in [3.8, 4) is 0 Å². The molecule has 3 aromatic rings. The number of anilines is 1. The maximum absolute atomic E-state index is 14.6. The van der Waals surface area contributed by atoms with Crippen molar-refractivity contribution in [2.24, 2.45) is 0 Å². The van der Waals surface area contributed by atoms with Gasteiger partial charge in [-0.05, 0) is 78.0 Å². The maximum atomic E-state index is 14.6. The molecule has 0 bridgehead atoms. The number of aromatic nitrogens is 2. The van der Waals surface area contributed by atoms with Crippen LogP contribution >= 0.6 is 11.5 Å². The van der Waals surface area contributed by atoms with Crippen LogP contribution in [-0.2, 0) is 16.6 Å². The third kappa shape index (κ3) is 4.67. The summed E-state index contributed by atoms with van der Waals surface area (Å²) in [6.45, 7) is 3.25. The number of carbonyl (C=O) groups is 2. The Hall–Kier alpha value is -3.37. The number of aliphatic hydroxyl groups excluding tert-OH is 1. The number of nitrogens with one attached hydrogen (secondary N) is 1. The zero-order chi connectivity index (χ0) is 26.4. The summed E-state index contributed by atoms with van der Waals surface area (Å²) in [5.41, 5.74) is 3.27. The van der Waals surface area contributed by atoms with Crippen LogP contribution in [-0.4, -0.2) is 68.5 Å². The van der Waals surface area contributed by atoms with Crippen molar-refractivity contribution in [3.05, 3.63) is 75.8 Å². The summed E-state index contributed by atoms with van der Waals surface area (Å²) in [7, 11) is 0. The van der Waals surface area contributed by atoms with Gasteiger partial charge in [0.25, 0.3) is 0 Å². The number of urea groups is 1. The molecular weight excluding hydrogens is 505 g/mol. The monoisotopic (exact) mass is 535 g/mol. The normalized spacial score (nSPS) is 21.4. The number of rotatable bonds is 6. The summed E-state index contributed by atoms with van der Waals surface area (Å²) < 4.78 is 18.8. The van der Waals surface area contributed by atoms with Gasteiger partial charge in [-0.15, -0.1) is 0 Å². The largest absolute Gasteiger partial charge is 0.389 e. The number of aryl methyl sites for hydroxylation is 1. The van der Waals surface area contributed by atoms with E-state index in [-0.39, 0.29) is 24.2 Å². The van der Waals surface area contributed by atoms with Crippen LogP contribution < -0.4 is 5.32 Å². The Morgan fingerprint density at radius 1 is 1.18 bits per heavy atom. The molecule has 2 aromatic carbocycles. The Kier molecular flexibility index (Phi) is 6.39. The molecular formula is C28H30FN5O3S. The van der Waals surface area contributed by atoms with Crippen LogP contribution in [0.5, 0.6) is 0 Å². The van der Waals surface area contributed by atoms with Gasteiger partial charge in [0, 0.05) is 31.9 Å². The van der Waals surface area contributed by atoms with E-state index in [0.717, 1.165) is 34.5 Å². The van der Waals surface area contributed by atoms with E-state index in [1.807, 2.05) is 24.3 Å². The predicted molar refractivity (Wildman–Crippen MR) is 142 cm³/mol. The molecule has 2 N–H and O–H groups in total. The number of β-amino-alcohol motifs (C(OH)–C–C–N with tert-alkyl or cyclic N) is 1. The average molecular weight is 536 g/mol. The molecule has 0 spiro atoms. The van der Waals surface area contributed by atoms with E-state index in [1.165, 1.54) is 17.9 Å². The van der Waals surface area contributed by atoms with Gasteiger partial charge in [0.15, 0.2) is 0 Å². The highest BCUT2D eigenvalue weighted by Gasteiger charge is 2.45. The highest BCUT2D eigenvalue weighted by Crippen LogP contribution is 2.43. The van der Waals surface area contributed by atoms with Crippen LogP contribution in [0.25, 0.3) is 0 Å². The molecule has 1 aliphatic carbocycles. The van der Waals surface area contributed by atoms with Crippen molar-refractivity contribution in [1.29, 1.82) is 0 Å². The van der Waals surface area contributed by atoms with Crippen LogP contribution in [0.1, 0.15) is 52.4 Å². The fraction of sp³-hybridized carbons (Fsp3) is 0.429. The SMILES string of the molecule is Cc1ccc([C@@]2(c3ncns3)CCN(C(=O)Nc3cc(C4CC4)ccc3CC(=O)N3CC(O)C3)C2)cc1F. The molecule has 1 aromatic heterocycles. The van der Waals surface area contributed by atoms with Crippen LogP contribution in [0.3, 0.4) is 0 Å². The summed E-state index contributed by atoms with van der Waals surface area (Å²) in [6, 6.07) is 10.9. The van der Waals surface area contributed by atoms with E-state index in [1.54, 1.807) is 28.9 Å². The molecule has 10 heteroatoms. The van der Waals surface area contributed by atoms with Gasteiger partial charge in [0.1, 0.15) is 17.2 Å². The van der Waals surface area contributed by atoms with Gasteiger partial charge in [-0.25, -0.2) is 14.2 Å². The lowest BCUT2D eigenvalue weighted by molar-refractivity contribution is -0.140. The number of hydrogen-bond donors (Lipinski definition) is 2. The zero-order valence-electron chi connectivity index (χ0n) is 21.2. The maximum Gasteiger partial charge on any atom is 0.321 e. The highest BCUT2D eigenvalue weighted by atomic mass is 32.1. The lowest BCUT2D eigenvalue weighted by Crippen LogP contribution is -2.54. The van der Waals surface area contributed by atoms with Gasteiger partial charge in [-0.2, -0.15) is 4.37 Å². The first-order valence-electron chi connectivity index (χ1n) is 13.0. The quantitative estimate of drug-likeness (QED) is 0.500. The fourth-order valence-electron chi connectivity index (χ4n) is 5.45. The molecule has 6 rings (SSSR count). The molecule has 1 saturated carbocycles. The number of hydrogen-bond acceptors (Lipinski definition) is 6. The summed E-state index contributed by atoms with van der Waals surface area (Å²) in [5, 5.41) is 13.4. The van der Waals surface area contributed by atoms with Crippen molar-refractivity contribution >= 4 is 29.2 Å². The summed E-state index contributed by atoms with van der Waals surface area (Å²) in [4.78, 5) is 34.2. The summed E-state index contributed by atoms with van der Waals surface area (Å²) >= 11 is 1.27. The van der Waals surface area contributed by atoms with E-state index < -0.39 is 11.5 Å².